The molecule has 0 N–H and O–H groups in total. The molecule has 0 saturated heterocycles. The topological polar surface area (TPSA) is 3.24 Å². The monoisotopic (exact) mass is 473 g/mol. The highest BCUT2D eigenvalue weighted by Crippen LogP contribution is 2.53. The van der Waals surface area contributed by atoms with Crippen LogP contribution < -0.4 is 4.90 Å². The van der Waals surface area contributed by atoms with Crippen LogP contribution in [0.15, 0.2) is 84.9 Å². The average molecular weight is 474 g/mol. The number of hydrogen-bond acceptors (Lipinski definition) is 1. The molecule has 4 aromatic rings. The van der Waals surface area contributed by atoms with Gasteiger partial charge in [0.1, 0.15) is 0 Å². The van der Waals surface area contributed by atoms with Crippen molar-refractivity contribution in [3.8, 4) is 22.3 Å². The highest BCUT2D eigenvalue weighted by Gasteiger charge is 2.39. The molecular weight excluding hydrogens is 434 g/mol. The van der Waals surface area contributed by atoms with Crippen molar-refractivity contribution in [1.29, 1.82) is 0 Å². The second kappa shape index (κ2) is 8.96. The van der Waals surface area contributed by atoms with E-state index in [1.54, 1.807) is 0 Å². The van der Waals surface area contributed by atoms with Crippen LogP contribution in [0.5, 0.6) is 0 Å². The van der Waals surface area contributed by atoms with Gasteiger partial charge in [-0.05, 0) is 90.3 Å². The highest BCUT2D eigenvalue weighted by molar-refractivity contribution is 5.87. The van der Waals surface area contributed by atoms with Crippen molar-refractivity contribution in [3.05, 3.63) is 107 Å². The normalized spacial score (nSPS) is 13.9. The minimum atomic E-state index is -0.0903. The van der Waals surface area contributed by atoms with Crippen LogP contribution in [0.1, 0.15) is 70.7 Å². The third-order valence-corrected chi connectivity index (χ3v) is 7.88. The van der Waals surface area contributed by atoms with Crippen molar-refractivity contribution < 1.29 is 0 Å². The number of hydrogen-bond donors (Lipinski definition) is 0. The van der Waals surface area contributed by atoms with E-state index in [0.29, 0.717) is 0 Å². The Morgan fingerprint density at radius 2 is 1.36 bits per heavy atom. The predicted octanol–water partition coefficient (Wildman–Crippen LogP) is 9.72. The number of aryl methyl sites for hydroxylation is 1. The van der Waals surface area contributed by atoms with E-state index in [4.69, 9.17) is 0 Å². The summed E-state index contributed by atoms with van der Waals surface area (Å²) < 4.78 is 0. The quantitative estimate of drug-likeness (QED) is 0.279. The predicted molar refractivity (Wildman–Crippen MR) is 157 cm³/mol. The largest absolute Gasteiger partial charge is 0.336 e. The van der Waals surface area contributed by atoms with Crippen LogP contribution in [-0.2, 0) is 18.3 Å². The van der Waals surface area contributed by atoms with Gasteiger partial charge in [0, 0.05) is 22.3 Å². The number of benzene rings is 4. The fraction of sp³-hybridized carbons (Fsp3) is 0.314. The zero-order valence-corrected chi connectivity index (χ0v) is 22.9. The molecule has 1 nitrogen and oxygen atoms in total. The van der Waals surface area contributed by atoms with Gasteiger partial charge in [-0.1, -0.05) is 100 Å². The molecule has 0 amide bonds. The highest BCUT2D eigenvalue weighted by atomic mass is 15.2. The Balaban J connectivity index is 1.77. The van der Waals surface area contributed by atoms with Gasteiger partial charge in [-0.25, -0.2) is 0 Å². The van der Waals surface area contributed by atoms with Crippen LogP contribution in [0.3, 0.4) is 0 Å². The lowest BCUT2D eigenvalue weighted by molar-refractivity contribution is 0.556. The van der Waals surface area contributed by atoms with Gasteiger partial charge in [-0.15, -0.1) is 0 Å². The summed E-state index contributed by atoms with van der Waals surface area (Å²) >= 11 is 0. The van der Waals surface area contributed by atoms with Crippen LogP contribution in [0, 0.1) is 0 Å². The van der Waals surface area contributed by atoms with Crippen molar-refractivity contribution in [1.82, 2.24) is 0 Å². The summed E-state index contributed by atoms with van der Waals surface area (Å²) in [6.07, 6.45) is 2.00. The lowest BCUT2D eigenvalue weighted by Gasteiger charge is -2.41. The maximum Gasteiger partial charge on any atom is 0.0454 e. The van der Waals surface area contributed by atoms with Crippen molar-refractivity contribution >= 4 is 11.4 Å². The fourth-order valence-electron chi connectivity index (χ4n) is 6.27. The molecule has 0 aromatic heterocycles. The summed E-state index contributed by atoms with van der Waals surface area (Å²) in [4.78, 5) is 2.61. The summed E-state index contributed by atoms with van der Waals surface area (Å²) in [5.74, 6) is 0. The van der Waals surface area contributed by atoms with Crippen LogP contribution >= 0.6 is 0 Å². The first-order chi connectivity index (χ1) is 17.2. The number of nitrogens with zero attached hydrogens (tertiary/aromatic N) is 1. The Hall–Kier alpha value is -3.32. The smallest absolute Gasteiger partial charge is 0.0454 e. The number of fused-ring (bicyclic) bond motifs is 3. The lowest BCUT2D eigenvalue weighted by Crippen LogP contribution is -2.39. The van der Waals surface area contributed by atoms with Crippen molar-refractivity contribution in [2.45, 2.75) is 72.3 Å². The summed E-state index contributed by atoms with van der Waals surface area (Å²) in [5.41, 5.74) is 13.7. The maximum atomic E-state index is 2.61. The van der Waals surface area contributed by atoms with E-state index in [1.165, 1.54) is 55.9 Å². The Bertz CT molecular complexity index is 1400. The van der Waals surface area contributed by atoms with Crippen molar-refractivity contribution in [3.63, 3.8) is 0 Å². The summed E-state index contributed by atoms with van der Waals surface area (Å²) in [6, 6.07) is 31.5. The first-order valence-corrected chi connectivity index (χ1v) is 13.4. The van der Waals surface area contributed by atoms with Gasteiger partial charge in [-0.3, -0.25) is 0 Å². The van der Waals surface area contributed by atoms with Crippen molar-refractivity contribution in [2.24, 2.45) is 0 Å². The Morgan fingerprint density at radius 3 is 2.03 bits per heavy atom. The van der Waals surface area contributed by atoms with E-state index < -0.39 is 0 Å². The molecule has 0 spiro atoms. The van der Waals surface area contributed by atoms with E-state index in [9.17, 15) is 0 Å². The van der Waals surface area contributed by atoms with E-state index >= 15 is 0 Å². The van der Waals surface area contributed by atoms with Crippen LogP contribution in [0.4, 0.5) is 11.4 Å². The third-order valence-electron chi connectivity index (χ3n) is 7.88. The van der Waals surface area contributed by atoms with Gasteiger partial charge >= 0.3 is 0 Å². The van der Waals surface area contributed by atoms with E-state index in [1.807, 2.05) is 0 Å². The number of rotatable bonds is 5. The van der Waals surface area contributed by atoms with Gasteiger partial charge in [0.15, 0.2) is 0 Å². The second-order valence-corrected chi connectivity index (χ2v) is 11.6. The molecule has 0 fully saturated rings. The maximum absolute atomic E-state index is 2.61. The molecule has 4 aromatic carbocycles. The molecule has 1 aliphatic carbocycles. The molecule has 36 heavy (non-hydrogen) atoms. The molecule has 0 unspecified atom stereocenters. The zero-order chi connectivity index (χ0) is 25.7. The summed E-state index contributed by atoms with van der Waals surface area (Å²) in [6.45, 7) is 16.4. The standard InChI is InChI=1S/C35H39N/c1-8-24-19-20-26(25-15-11-10-12-16-25)23-32(24)36(34(3,4)5)31-22-21-29-28-17-13-14-18-30(28)35(6,7)33(29)27(31)9-2/h10-23H,8-9H2,1-7H3. The van der Waals surface area contributed by atoms with Crippen LogP contribution in [0.25, 0.3) is 22.3 Å². The Labute approximate surface area is 217 Å². The van der Waals surface area contributed by atoms with Gasteiger partial charge in [0.2, 0.25) is 0 Å². The molecular formula is C35H39N. The number of anilines is 2. The van der Waals surface area contributed by atoms with E-state index in [-0.39, 0.29) is 11.0 Å². The first kappa shape index (κ1) is 24.4. The molecule has 0 aliphatic heterocycles. The van der Waals surface area contributed by atoms with Gasteiger partial charge < -0.3 is 4.90 Å². The lowest BCUT2D eigenvalue weighted by atomic mass is 9.79. The summed E-state index contributed by atoms with van der Waals surface area (Å²) in [7, 11) is 0. The Kier molecular flexibility index (Phi) is 6.07. The SMILES string of the molecule is CCc1ccc(-c2ccccc2)cc1N(c1ccc2c(c1CC)C(C)(C)c1ccccc1-2)C(C)(C)C. The molecule has 0 bridgehead atoms. The van der Waals surface area contributed by atoms with E-state index in [2.05, 4.69) is 138 Å². The van der Waals surface area contributed by atoms with Crippen LogP contribution in [0.2, 0.25) is 0 Å². The molecule has 0 heterocycles. The third kappa shape index (κ3) is 3.86. The van der Waals surface area contributed by atoms with Crippen LogP contribution in [-0.4, -0.2) is 5.54 Å². The molecule has 1 aliphatic rings. The molecule has 1 heteroatoms. The average Bonchev–Trinajstić information content (AvgIpc) is 3.11. The minimum absolute atomic E-state index is 0.0176. The Morgan fingerprint density at radius 1 is 0.667 bits per heavy atom. The molecule has 0 saturated carbocycles. The minimum Gasteiger partial charge on any atom is -0.336 e. The second-order valence-electron chi connectivity index (χ2n) is 11.6. The fourth-order valence-corrected chi connectivity index (χ4v) is 6.27. The van der Waals surface area contributed by atoms with Gasteiger partial charge in [-0.2, -0.15) is 0 Å². The van der Waals surface area contributed by atoms with Crippen molar-refractivity contribution in [2.75, 3.05) is 4.90 Å². The summed E-state index contributed by atoms with van der Waals surface area (Å²) in [5, 5.41) is 0. The van der Waals surface area contributed by atoms with Gasteiger partial charge in [0.25, 0.3) is 0 Å². The molecule has 5 rings (SSSR count). The molecule has 184 valence electrons. The molecule has 0 radical (unpaired) electrons. The van der Waals surface area contributed by atoms with E-state index in [0.717, 1.165) is 12.8 Å². The molecule has 0 atom stereocenters. The zero-order valence-electron chi connectivity index (χ0n) is 22.9. The van der Waals surface area contributed by atoms with Gasteiger partial charge in [0.05, 0.1) is 0 Å². The first-order valence-electron chi connectivity index (χ1n) is 13.4.